The van der Waals surface area contributed by atoms with E-state index < -0.39 is 11.7 Å². The number of carbonyl (C=O) groups excluding carboxylic acids is 1. The number of terminal acetylenes is 1. The highest BCUT2D eigenvalue weighted by Crippen LogP contribution is 2.19. The molecule has 2 atom stereocenters. The van der Waals surface area contributed by atoms with Crippen LogP contribution in [0.2, 0.25) is 0 Å². The van der Waals surface area contributed by atoms with Crippen molar-refractivity contribution < 1.29 is 19.0 Å². The average molecular weight is 360 g/mol. The third kappa shape index (κ3) is 7.03. The van der Waals surface area contributed by atoms with E-state index in [-0.39, 0.29) is 12.3 Å². The van der Waals surface area contributed by atoms with Gasteiger partial charge in [-0.2, -0.15) is 0 Å². The molecule has 0 radical (unpaired) electrons. The molecular weight excluding hydrogens is 332 g/mol. The van der Waals surface area contributed by atoms with Crippen molar-refractivity contribution in [2.24, 2.45) is 0 Å². The van der Waals surface area contributed by atoms with Gasteiger partial charge in [-0.15, -0.1) is 6.42 Å². The van der Waals surface area contributed by atoms with E-state index >= 15 is 0 Å². The van der Waals surface area contributed by atoms with E-state index in [0.717, 1.165) is 25.9 Å². The summed E-state index contributed by atoms with van der Waals surface area (Å²) in [6, 6.07) is 5.05. The first kappa shape index (κ1) is 20.2. The van der Waals surface area contributed by atoms with Gasteiger partial charge in [-0.05, 0) is 58.6 Å². The summed E-state index contributed by atoms with van der Waals surface area (Å²) < 4.78 is 16.7. The van der Waals surface area contributed by atoms with Gasteiger partial charge in [0.05, 0.1) is 18.3 Å². The summed E-state index contributed by atoms with van der Waals surface area (Å²) in [5.41, 5.74) is 0.629. The third-order valence-electron chi connectivity index (χ3n) is 3.81. The van der Waals surface area contributed by atoms with E-state index in [1.165, 1.54) is 0 Å². The van der Waals surface area contributed by atoms with Crippen LogP contribution in [0.25, 0.3) is 0 Å². The minimum Gasteiger partial charge on any atom is -0.444 e. The molecule has 6 heteroatoms. The standard InChI is InChI=1S/C20H28N2O4/c1-5-15-9-8-10-16(21-15)17(22-19(23)26-20(2,3)4)12-14-25-18-11-6-7-13-24-18/h1,8-10,17-18H,6-7,11-14H2,2-4H3,(H,22,23)/t17-,18?/m0/s1. The average Bonchev–Trinajstić information content (AvgIpc) is 2.60. The van der Waals surface area contributed by atoms with Crippen molar-refractivity contribution in [3.63, 3.8) is 0 Å². The molecular formula is C20H28N2O4. The quantitative estimate of drug-likeness (QED) is 0.786. The van der Waals surface area contributed by atoms with Gasteiger partial charge < -0.3 is 19.5 Å². The second-order valence-corrected chi connectivity index (χ2v) is 7.25. The summed E-state index contributed by atoms with van der Waals surface area (Å²) in [6.45, 7) is 6.64. The second-order valence-electron chi connectivity index (χ2n) is 7.25. The second kappa shape index (κ2) is 9.56. The maximum atomic E-state index is 12.2. The van der Waals surface area contributed by atoms with E-state index in [0.29, 0.717) is 24.4 Å². The third-order valence-corrected chi connectivity index (χ3v) is 3.81. The van der Waals surface area contributed by atoms with Crippen molar-refractivity contribution in [2.45, 2.75) is 64.4 Å². The lowest BCUT2D eigenvalue weighted by Gasteiger charge is -2.25. The molecule has 26 heavy (non-hydrogen) atoms. The van der Waals surface area contributed by atoms with Crippen LogP contribution in [0.15, 0.2) is 18.2 Å². The predicted octanol–water partition coefficient (Wildman–Crippen LogP) is 3.56. The molecule has 0 bridgehead atoms. The Hall–Kier alpha value is -2.10. The van der Waals surface area contributed by atoms with Crippen LogP contribution in [0.1, 0.15) is 63.9 Å². The van der Waals surface area contributed by atoms with Crippen LogP contribution in [0.5, 0.6) is 0 Å². The minimum atomic E-state index is -0.574. The topological polar surface area (TPSA) is 69.7 Å². The molecule has 1 amide bonds. The summed E-state index contributed by atoms with van der Waals surface area (Å²) in [6.07, 6.45) is 8.39. The monoisotopic (exact) mass is 360 g/mol. The number of alkyl carbamates (subject to hydrolysis) is 1. The van der Waals surface area contributed by atoms with Crippen molar-refractivity contribution >= 4 is 6.09 Å². The number of nitrogens with one attached hydrogen (secondary N) is 1. The largest absolute Gasteiger partial charge is 0.444 e. The molecule has 0 spiro atoms. The lowest BCUT2D eigenvalue weighted by Crippen LogP contribution is -2.36. The lowest BCUT2D eigenvalue weighted by molar-refractivity contribution is -0.163. The lowest BCUT2D eigenvalue weighted by atomic mass is 10.1. The number of hydrogen-bond acceptors (Lipinski definition) is 5. The predicted molar refractivity (Wildman–Crippen MR) is 98.4 cm³/mol. The molecule has 0 aliphatic carbocycles. The molecule has 1 saturated heterocycles. The zero-order valence-corrected chi connectivity index (χ0v) is 15.8. The molecule has 1 aromatic heterocycles. The minimum absolute atomic E-state index is 0.170. The molecule has 0 saturated carbocycles. The van der Waals surface area contributed by atoms with Crippen molar-refractivity contribution in [3.8, 4) is 12.3 Å². The van der Waals surface area contributed by atoms with Crippen molar-refractivity contribution in [1.82, 2.24) is 10.3 Å². The van der Waals surface area contributed by atoms with Crippen LogP contribution in [0.4, 0.5) is 4.79 Å². The first-order valence-electron chi connectivity index (χ1n) is 9.03. The number of carbonyl (C=O) groups is 1. The molecule has 1 aliphatic heterocycles. The number of pyridine rings is 1. The van der Waals surface area contributed by atoms with Crippen LogP contribution in [-0.2, 0) is 14.2 Å². The van der Waals surface area contributed by atoms with Crippen molar-refractivity contribution in [3.05, 3.63) is 29.6 Å². The molecule has 6 nitrogen and oxygen atoms in total. The van der Waals surface area contributed by atoms with Crippen molar-refractivity contribution in [2.75, 3.05) is 13.2 Å². The highest BCUT2D eigenvalue weighted by atomic mass is 16.7. The van der Waals surface area contributed by atoms with E-state index in [1.807, 2.05) is 32.9 Å². The van der Waals surface area contributed by atoms with Gasteiger partial charge in [-0.1, -0.05) is 12.0 Å². The SMILES string of the molecule is C#Cc1cccc([C@H](CCOC2CCCCO2)NC(=O)OC(C)(C)C)n1. The molecule has 1 fully saturated rings. The van der Waals surface area contributed by atoms with Gasteiger partial charge in [-0.3, -0.25) is 0 Å². The maximum absolute atomic E-state index is 12.2. The zero-order valence-electron chi connectivity index (χ0n) is 15.8. The fourth-order valence-corrected chi connectivity index (χ4v) is 2.63. The summed E-state index contributed by atoms with van der Waals surface area (Å²) in [5, 5.41) is 2.87. The van der Waals surface area contributed by atoms with Gasteiger partial charge in [0.25, 0.3) is 0 Å². The fourth-order valence-electron chi connectivity index (χ4n) is 2.63. The van der Waals surface area contributed by atoms with Crippen LogP contribution < -0.4 is 5.32 Å². The fraction of sp³-hybridized carbons (Fsp3) is 0.600. The molecule has 2 heterocycles. The summed E-state index contributed by atoms with van der Waals surface area (Å²) in [7, 11) is 0. The van der Waals surface area contributed by atoms with E-state index in [2.05, 4.69) is 16.2 Å². The Morgan fingerprint density at radius 3 is 2.92 bits per heavy atom. The zero-order chi connectivity index (χ0) is 19.0. The molecule has 142 valence electrons. The number of amides is 1. The highest BCUT2D eigenvalue weighted by molar-refractivity contribution is 5.68. The summed E-state index contributed by atoms with van der Waals surface area (Å²) >= 11 is 0. The van der Waals surface area contributed by atoms with Crippen LogP contribution >= 0.6 is 0 Å². The maximum Gasteiger partial charge on any atom is 0.408 e. The first-order valence-corrected chi connectivity index (χ1v) is 9.03. The van der Waals surface area contributed by atoms with Gasteiger partial charge in [0, 0.05) is 6.61 Å². The molecule has 1 unspecified atom stereocenters. The van der Waals surface area contributed by atoms with Gasteiger partial charge >= 0.3 is 6.09 Å². The molecule has 1 aliphatic rings. The van der Waals surface area contributed by atoms with Gasteiger partial charge in [-0.25, -0.2) is 9.78 Å². The Balaban J connectivity index is 2.00. The number of ether oxygens (including phenoxy) is 3. The number of rotatable bonds is 6. The Labute approximate surface area is 155 Å². The van der Waals surface area contributed by atoms with Gasteiger partial charge in [0.2, 0.25) is 0 Å². The molecule has 0 aromatic carbocycles. The van der Waals surface area contributed by atoms with Crippen molar-refractivity contribution in [1.29, 1.82) is 0 Å². The molecule has 1 aromatic rings. The van der Waals surface area contributed by atoms with Gasteiger partial charge in [0.15, 0.2) is 6.29 Å². The van der Waals surface area contributed by atoms with Crippen LogP contribution in [0, 0.1) is 12.3 Å². The molecule has 2 rings (SSSR count). The van der Waals surface area contributed by atoms with E-state index in [1.54, 1.807) is 6.07 Å². The van der Waals surface area contributed by atoms with E-state index in [9.17, 15) is 4.79 Å². The normalized spacial score (nSPS) is 18.6. The molecule has 1 N–H and O–H groups in total. The number of aromatic nitrogens is 1. The number of hydrogen-bond donors (Lipinski definition) is 1. The van der Waals surface area contributed by atoms with Crippen LogP contribution in [-0.4, -0.2) is 36.2 Å². The first-order chi connectivity index (χ1) is 12.4. The number of nitrogens with zero attached hydrogens (tertiary/aromatic N) is 1. The van der Waals surface area contributed by atoms with E-state index in [4.69, 9.17) is 20.6 Å². The Kier molecular flexibility index (Phi) is 7.43. The van der Waals surface area contributed by atoms with Gasteiger partial charge in [0.1, 0.15) is 11.3 Å². The van der Waals surface area contributed by atoms with Crippen LogP contribution in [0.3, 0.4) is 0 Å². The Morgan fingerprint density at radius 2 is 2.27 bits per heavy atom. The summed E-state index contributed by atoms with van der Waals surface area (Å²) in [4.78, 5) is 16.6. The highest BCUT2D eigenvalue weighted by Gasteiger charge is 2.22. The Bertz CT molecular complexity index is 627. The smallest absolute Gasteiger partial charge is 0.408 e. The summed E-state index contributed by atoms with van der Waals surface area (Å²) in [5.74, 6) is 2.52. The Morgan fingerprint density at radius 1 is 1.46 bits per heavy atom.